The molecule has 0 aliphatic carbocycles. The van der Waals surface area contributed by atoms with Crippen LogP contribution in [0.4, 0.5) is 0 Å². The second kappa shape index (κ2) is 6.45. The molecule has 27 heavy (non-hydrogen) atoms. The van der Waals surface area contributed by atoms with Crippen LogP contribution < -0.4 is 11.0 Å². The van der Waals surface area contributed by atoms with E-state index in [9.17, 15) is 4.79 Å². The predicted molar refractivity (Wildman–Crippen MR) is 107 cm³/mol. The quantitative estimate of drug-likeness (QED) is 0.479. The van der Waals surface area contributed by atoms with Crippen LogP contribution in [0.2, 0.25) is 0 Å². The molecule has 2 aromatic heterocycles. The summed E-state index contributed by atoms with van der Waals surface area (Å²) in [7, 11) is 0. The van der Waals surface area contributed by atoms with Gasteiger partial charge in [-0.25, -0.2) is 4.40 Å². The fraction of sp³-hybridized carbons (Fsp3) is 0. The molecule has 0 N–H and O–H groups in total. The van der Waals surface area contributed by atoms with Crippen molar-refractivity contribution in [2.24, 2.45) is 0 Å². The van der Waals surface area contributed by atoms with Gasteiger partial charge in [0.05, 0.1) is 11.0 Å². The molecule has 0 aliphatic heterocycles. The highest BCUT2D eigenvalue weighted by molar-refractivity contribution is 7.99. The van der Waals surface area contributed by atoms with Crippen molar-refractivity contribution in [2.75, 3.05) is 0 Å². The lowest BCUT2D eigenvalue weighted by molar-refractivity contribution is 0.561. The molecule has 3 aromatic carbocycles. The molecule has 0 saturated heterocycles. The molecule has 0 aliphatic rings. The Hall–Kier alpha value is -3.31. The summed E-state index contributed by atoms with van der Waals surface area (Å²) in [5, 5.41) is 0. The van der Waals surface area contributed by atoms with Crippen molar-refractivity contribution < 1.29 is 4.42 Å². The zero-order chi connectivity index (χ0) is 18.2. The molecule has 0 fully saturated rings. The van der Waals surface area contributed by atoms with Gasteiger partial charge in [-0.3, -0.25) is 4.79 Å². The molecular weight excluding hydrogens is 356 g/mol. The summed E-state index contributed by atoms with van der Waals surface area (Å²) in [6.45, 7) is 0. The van der Waals surface area contributed by atoms with Gasteiger partial charge >= 0.3 is 11.4 Å². The maximum absolute atomic E-state index is 12.8. The van der Waals surface area contributed by atoms with Crippen molar-refractivity contribution in [1.82, 2.24) is 9.38 Å². The Morgan fingerprint density at radius 2 is 1.67 bits per heavy atom. The highest BCUT2D eigenvalue weighted by Gasteiger charge is 2.12. The minimum atomic E-state index is -0.195. The molecule has 0 radical (unpaired) electrons. The Bertz CT molecular complexity index is 1370. The number of benzene rings is 3. The lowest BCUT2D eigenvalue weighted by Gasteiger charge is -2.02. The molecular formula is C22H14N2O2S. The van der Waals surface area contributed by atoms with Crippen LogP contribution in [0.5, 0.6) is 0 Å². The van der Waals surface area contributed by atoms with Crippen molar-refractivity contribution in [1.29, 1.82) is 0 Å². The number of rotatable bonds is 3. The first-order valence-electron chi connectivity index (χ1n) is 8.53. The van der Waals surface area contributed by atoms with Crippen molar-refractivity contribution >= 4 is 34.7 Å². The number of fused-ring (bicyclic) bond motifs is 3. The van der Waals surface area contributed by atoms with E-state index < -0.39 is 0 Å². The van der Waals surface area contributed by atoms with E-state index in [4.69, 9.17) is 4.42 Å². The van der Waals surface area contributed by atoms with Crippen LogP contribution in [0.25, 0.3) is 23.0 Å². The largest absolute Gasteiger partial charge is 0.419 e. The number of aromatic nitrogens is 2. The summed E-state index contributed by atoms with van der Waals surface area (Å²) < 4.78 is 7.24. The Morgan fingerprint density at radius 1 is 0.889 bits per heavy atom. The van der Waals surface area contributed by atoms with E-state index in [2.05, 4.69) is 23.2 Å². The zero-order valence-corrected chi connectivity index (χ0v) is 15.0. The summed E-state index contributed by atoms with van der Waals surface area (Å²) in [6, 6.07) is 25.7. The van der Waals surface area contributed by atoms with Gasteiger partial charge in [-0.1, -0.05) is 54.2 Å². The third kappa shape index (κ3) is 2.92. The van der Waals surface area contributed by atoms with Crippen molar-refractivity contribution in [3.63, 3.8) is 0 Å². The normalized spacial score (nSPS) is 12.2. The summed E-state index contributed by atoms with van der Waals surface area (Å²) in [5.41, 5.74) is 2.51. The maximum atomic E-state index is 12.8. The van der Waals surface area contributed by atoms with E-state index >= 15 is 0 Å². The molecule has 5 rings (SSSR count). The smallest absolute Gasteiger partial charge is 0.310 e. The molecule has 4 nitrogen and oxygen atoms in total. The Balaban J connectivity index is 1.58. The van der Waals surface area contributed by atoms with Gasteiger partial charge in [-0.2, -0.15) is 4.98 Å². The highest BCUT2D eigenvalue weighted by atomic mass is 32.2. The molecule has 0 bridgehead atoms. The standard InChI is InChI=1S/C22H14N2O2S/c25-21-20(26-22-23-18-11-4-5-12-19(18)24(21)22)14-15-7-6-10-17(13-15)27-16-8-2-1-3-9-16/h1-14H/b20-14-. The molecule has 0 atom stereocenters. The SMILES string of the molecule is O=c1/c(=C/c2cccc(Sc3ccccc3)c2)oc2nc3ccccc3n12. The van der Waals surface area contributed by atoms with Gasteiger partial charge in [-0.05, 0) is 48.0 Å². The van der Waals surface area contributed by atoms with Crippen LogP contribution in [-0.4, -0.2) is 9.38 Å². The van der Waals surface area contributed by atoms with Crippen LogP contribution in [-0.2, 0) is 0 Å². The monoisotopic (exact) mass is 370 g/mol. The molecule has 5 aromatic rings. The number of oxazole rings is 1. The van der Waals surface area contributed by atoms with Gasteiger partial charge in [0.25, 0.3) is 0 Å². The first-order chi connectivity index (χ1) is 13.3. The Kier molecular flexibility index (Phi) is 3.80. The predicted octanol–water partition coefficient (Wildman–Crippen LogP) is 4.14. The average molecular weight is 370 g/mol. The number of para-hydroxylation sites is 2. The number of imidazole rings is 1. The first-order valence-corrected chi connectivity index (χ1v) is 9.34. The van der Waals surface area contributed by atoms with Crippen molar-refractivity contribution in [2.45, 2.75) is 9.79 Å². The molecule has 0 unspecified atom stereocenters. The zero-order valence-electron chi connectivity index (χ0n) is 14.2. The summed E-state index contributed by atoms with van der Waals surface area (Å²) in [6.07, 6.45) is 1.76. The van der Waals surface area contributed by atoms with Gasteiger partial charge in [0, 0.05) is 9.79 Å². The fourth-order valence-corrected chi connectivity index (χ4v) is 3.96. The van der Waals surface area contributed by atoms with Gasteiger partial charge in [0.2, 0.25) is 0 Å². The number of hydrogen-bond donors (Lipinski definition) is 0. The Labute approximate surface area is 158 Å². The molecule has 2 heterocycles. The third-order valence-corrected chi connectivity index (χ3v) is 5.28. The fourth-order valence-electron chi connectivity index (χ4n) is 3.06. The van der Waals surface area contributed by atoms with E-state index in [-0.39, 0.29) is 11.0 Å². The minimum Gasteiger partial charge on any atom is -0.419 e. The van der Waals surface area contributed by atoms with Crippen LogP contribution in [0, 0.1) is 0 Å². The van der Waals surface area contributed by atoms with Crippen molar-refractivity contribution in [3.8, 4) is 0 Å². The molecule has 130 valence electrons. The van der Waals surface area contributed by atoms with Crippen LogP contribution in [0.1, 0.15) is 5.56 Å². The number of hydrogen-bond acceptors (Lipinski definition) is 4. The van der Waals surface area contributed by atoms with Crippen LogP contribution >= 0.6 is 11.8 Å². The highest BCUT2D eigenvalue weighted by Crippen LogP contribution is 2.27. The summed E-state index contributed by atoms with van der Waals surface area (Å²) in [5.74, 6) is 0.322. The van der Waals surface area contributed by atoms with Crippen LogP contribution in [0.15, 0.2) is 97.9 Å². The van der Waals surface area contributed by atoms with Gasteiger partial charge in [-0.15, -0.1) is 0 Å². The lowest BCUT2D eigenvalue weighted by atomic mass is 10.2. The average Bonchev–Trinajstić information content (AvgIpc) is 3.19. The minimum absolute atomic E-state index is 0.195. The van der Waals surface area contributed by atoms with E-state index in [1.165, 1.54) is 9.30 Å². The molecule has 0 saturated carbocycles. The first kappa shape index (κ1) is 15.9. The topological polar surface area (TPSA) is 47.5 Å². The van der Waals surface area contributed by atoms with E-state index in [0.29, 0.717) is 5.84 Å². The Morgan fingerprint density at radius 3 is 2.56 bits per heavy atom. The molecule has 5 heteroatoms. The van der Waals surface area contributed by atoms with E-state index in [0.717, 1.165) is 21.5 Å². The number of nitrogens with zero attached hydrogens (tertiary/aromatic N) is 2. The third-order valence-electron chi connectivity index (χ3n) is 4.28. The summed E-state index contributed by atoms with van der Waals surface area (Å²) >= 11 is 1.68. The molecule has 0 amide bonds. The second-order valence-corrected chi connectivity index (χ2v) is 7.27. The van der Waals surface area contributed by atoms with E-state index in [1.54, 1.807) is 17.8 Å². The second-order valence-electron chi connectivity index (χ2n) is 6.12. The summed E-state index contributed by atoms with van der Waals surface area (Å²) in [4.78, 5) is 19.4. The van der Waals surface area contributed by atoms with Gasteiger partial charge in [0.1, 0.15) is 0 Å². The van der Waals surface area contributed by atoms with Crippen LogP contribution in [0.3, 0.4) is 0 Å². The molecule has 0 spiro atoms. The van der Waals surface area contributed by atoms with Crippen molar-refractivity contribution in [3.05, 3.63) is 100 Å². The maximum Gasteiger partial charge on any atom is 0.310 e. The van der Waals surface area contributed by atoms with E-state index in [1.807, 2.05) is 60.7 Å². The van der Waals surface area contributed by atoms with Gasteiger partial charge in [0.15, 0.2) is 5.42 Å². The van der Waals surface area contributed by atoms with Gasteiger partial charge < -0.3 is 4.42 Å². The lowest BCUT2D eigenvalue weighted by Crippen LogP contribution is -2.23.